The molecule has 0 unspecified atom stereocenters. The Morgan fingerprint density at radius 3 is 2.21 bits per heavy atom. The summed E-state index contributed by atoms with van der Waals surface area (Å²) in [6.07, 6.45) is 0.361. The van der Waals surface area contributed by atoms with Crippen molar-refractivity contribution in [2.75, 3.05) is 17.4 Å². The van der Waals surface area contributed by atoms with E-state index < -0.39 is 28.5 Å². The predicted molar refractivity (Wildman–Crippen MR) is 152 cm³/mol. The Morgan fingerprint density at radius 2 is 1.61 bits per heavy atom. The first-order valence-electron chi connectivity index (χ1n) is 12.5. The van der Waals surface area contributed by atoms with Gasteiger partial charge in [-0.2, -0.15) is 0 Å². The number of aryl methyl sites for hydroxylation is 2. The van der Waals surface area contributed by atoms with Gasteiger partial charge in [-0.05, 0) is 74.2 Å². The van der Waals surface area contributed by atoms with E-state index in [0.717, 1.165) is 15.4 Å². The molecule has 0 bridgehead atoms. The first-order valence-corrected chi connectivity index (χ1v) is 14.4. The van der Waals surface area contributed by atoms with Crippen LogP contribution >= 0.6 is 11.6 Å². The summed E-state index contributed by atoms with van der Waals surface area (Å²) in [7, 11) is -4.10. The highest BCUT2D eigenvalue weighted by Gasteiger charge is 2.34. The lowest BCUT2D eigenvalue weighted by Gasteiger charge is -2.33. The molecule has 0 aliphatic rings. The Labute approximate surface area is 230 Å². The second kappa shape index (κ2) is 12.9. The number of carbonyl (C=O) groups is 2. The second-order valence-corrected chi connectivity index (χ2v) is 11.4. The fourth-order valence-corrected chi connectivity index (χ4v) is 5.84. The lowest BCUT2D eigenvalue weighted by atomic mass is 10.1. The highest BCUT2D eigenvalue weighted by molar-refractivity contribution is 7.92. The Morgan fingerprint density at radius 1 is 0.947 bits per heavy atom. The Bertz CT molecular complexity index is 1360. The van der Waals surface area contributed by atoms with Crippen molar-refractivity contribution in [2.45, 2.75) is 51.6 Å². The van der Waals surface area contributed by atoms with Crippen molar-refractivity contribution in [3.63, 3.8) is 0 Å². The monoisotopic (exact) mass is 555 g/mol. The molecule has 9 heteroatoms. The number of benzene rings is 3. The van der Waals surface area contributed by atoms with Gasteiger partial charge in [0.25, 0.3) is 10.0 Å². The van der Waals surface area contributed by atoms with Crippen LogP contribution in [0.15, 0.2) is 77.7 Å². The minimum atomic E-state index is -4.10. The summed E-state index contributed by atoms with van der Waals surface area (Å²) < 4.78 is 28.9. The molecule has 3 aromatic carbocycles. The summed E-state index contributed by atoms with van der Waals surface area (Å²) >= 11 is 6.05. The summed E-state index contributed by atoms with van der Waals surface area (Å²) in [5, 5.41) is 3.35. The molecule has 0 spiro atoms. The molecule has 0 aliphatic heterocycles. The SMILES string of the molecule is CCNC(=O)[C@H](CC)N(Cc1ccc(Cl)cc1)C(=O)CN(c1cc(C)ccc1C)S(=O)(=O)c1ccccc1. The second-order valence-electron chi connectivity index (χ2n) is 9.08. The number of hydrogen-bond donors (Lipinski definition) is 1. The quantitative estimate of drug-likeness (QED) is 0.357. The van der Waals surface area contributed by atoms with Crippen LogP contribution in [0.1, 0.15) is 37.0 Å². The standard InChI is InChI=1S/C29H34ClN3O4S/c1-5-26(29(35)31-6-2)32(19-23-14-16-24(30)17-15-23)28(34)20-33(27-18-21(3)12-13-22(27)4)38(36,37)25-10-8-7-9-11-25/h7-18,26H,5-6,19-20H2,1-4H3,(H,31,35)/t26-/m0/s1. The van der Waals surface area contributed by atoms with E-state index in [1.54, 1.807) is 48.5 Å². The van der Waals surface area contributed by atoms with Crippen molar-refractivity contribution in [3.8, 4) is 0 Å². The van der Waals surface area contributed by atoms with Crippen LogP contribution in [0.5, 0.6) is 0 Å². The molecule has 2 amide bonds. The third kappa shape index (κ3) is 6.94. The van der Waals surface area contributed by atoms with Gasteiger partial charge in [-0.15, -0.1) is 0 Å². The molecule has 202 valence electrons. The zero-order valence-corrected chi connectivity index (χ0v) is 23.7. The number of anilines is 1. The van der Waals surface area contributed by atoms with Gasteiger partial charge in [0, 0.05) is 18.1 Å². The van der Waals surface area contributed by atoms with Crippen molar-refractivity contribution in [2.24, 2.45) is 0 Å². The molecule has 0 heterocycles. The molecule has 0 aromatic heterocycles. The molecular weight excluding hydrogens is 522 g/mol. The summed E-state index contributed by atoms with van der Waals surface area (Å²) in [6, 6.07) is 19.7. The van der Waals surface area contributed by atoms with E-state index >= 15 is 0 Å². The summed E-state index contributed by atoms with van der Waals surface area (Å²) in [4.78, 5) is 28.5. The van der Waals surface area contributed by atoms with E-state index in [1.165, 1.54) is 17.0 Å². The van der Waals surface area contributed by atoms with E-state index in [9.17, 15) is 18.0 Å². The maximum absolute atomic E-state index is 14.0. The van der Waals surface area contributed by atoms with Crippen LogP contribution in [0.4, 0.5) is 5.69 Å². The largest absolute Gasteiger partial charge is 0.355 e. The zero-order chi connectivity index (χ0) is 27.9. The van der Waals surface area contributed by atoms with E-state index in [1.807, 2.05) is 39.8 Å². The summed E-state index contributed by atoms with van der Waals surface area (Å²) in [5.74, 6) is -0.778. The number of nitrogens with one attached hydrogen (secondary N) is 1. The van der Waals surface area contributed by atoms with Gasteiger partial charge in [-0.3, -0.25) is 13.9 Å². The molecule has 0 fully saturated rings. The minimum absolute atomic E-state index is 0.0775. The number of likely N-dealkylation sites (N-methyl/N-ethyl adjacent to an activating group) is 1. The number of rotatable bonds is 11. The van der Waals surface area contributed by atoms with Crippen molar-refractivity contribution >= 4 is 39.1 Å². The van der Waals surface area contributed by atoms with Crippen molar-refractivity contribution in [1.29, 1.82) is 0 Å². The molecule has 0 saturated heterocycles. The lowest BCUT2D eigenvalue weighted by Crippen LogP contribution is -2.52. The van der Waals surface area contributed by atoms with Gasteiger partial charge in [-0.25, -0.2) is 8.42 Å². The Balaban J connectivity index is 2.08. The zero-order valence-electron chi connectivity index (χ0n) is 22.1. The fraction of sp³-hybridized carbons (Fsp3) is 0.310. The Hall–Kier alpha value is -3.36. The molecule has 1 N–H and O–H groups in total. The fourth-order valence-electron chi connectivity index (χ4n) is 4.22. The van der Waals surface area contributed by atoms with Crippen LogP contribution in [0, 0.1) is 13.8 Å². The van der Waals surface area contributed by atoms with Gasteiger partial charge in [0.1, 0.15) is 12.6 Å². The van der Waals surface area contributed by atoms with Gasteiger partial charge in [0.15, 0.2) is 0 Å². The van der Waals surface area contributed by atoms with Crippen molar-refractivity contribution < 1.29 is 18.0 Å². The average Bonchev–Trinajstić information content (AvgIpc) is 2.90. The van der Waals surface area contributed by atoms with Crippen molar-refractivity contribution in [3.05, 3.63) is 94.5 Å². The first kappa shape index (κ1) is 29.2. The first-order chi connectivity index (χ1) is 18.1. The highest BCUT2D eigenvalue weighted by atomic mass is 35.5. The van der Waals surface area contributed by atoms with Gasteiger partial charge < -0.3 is 10.2 Å². The third-order valence-corrected chi connectivity index (χ3v) is 8.27. The smallest absolute Gasteiger partial charge is 0.264 e. The molecule has 1 atom stereocenters. The third-order valence-electron chi connectivity index (χ3n) is 6.25. The number of hydrogen-bond acceptors (Lipinski definition) is 4. The van der Waals surface area contributed by atoms with E-state index in [-0.39, 0.29) is 17.3 Å². The van der Waals surface area contributed by atoms with Gasteiger partial charge >= 0.3 is 0 Å². The molecule has 38 heavy (non-hydrogen) atoms. The van der Waals surface area contributed by atoms with Crippen LogP contribution in [0.25, 0.3) is 0 Å². The van der Waals surface area contributed by atoms with Crippen LogP contribution in [-0.2, 0) is 26.2 Å². The van der Waals surface area contributed by atoms with Crippen LogP contribution in [0.3, 0.4) is 0 Å². The van der Waals surface area contributed by atoms with Crippen LogP contribution < -0.4 is 9.62 Å². The number of halogens is 1. The van der Waals surface area contributed by atoms with E-state index in [4.69, 9.17) is 11.6 Å². The Kier molecular flexibility index (Phi) is 9.94. The summed E-state index contributed by atoms with van der Waals surface area (Å²) in [6.45, 7) is 7.38. The maximum Gasteiger partial charge on any atom is 0.264 e. The van der Waals surface area contributed by atoms with Gasteiger partial charge in [-0.1, -0.05) is 61.0 Å². The number of sulfonamides is 1. The maximum atomic E-state index is 14.0. The van der Waals surface area contributed by atoms with Gasteiger partial charge in [0.2, 0.25) is 11.8 Å². The molecule has 0 aliphatic carbocycles. The van der Waals surface area contributed by atoms with Crippen LogP contribution in [-0.4, -0.2) is 44.3 Å². The molecule has 0 saturated carbocycles. The van der Waals surface area contributed by atoms with Crippen LogP contribution in [0.2, 0.25) is 5.02 Å². The van der Waals surface area contributed by atoms with E-state index in [2.05, 4.69) is 5.32 Å². The minimum Gasteiger partial charge on any atom is -0.355 e. The number of carbonyl (C=O) groups excluding carboxylic acids is 2. The van der Waals surface area contributed by atoms with Crippen molar-refractivity contribution in [1.82, 2.24) is 10.2 Å². The highest BCUT2D eigenvalue weighted by Crippen LogP contribution is 2.28. The topological polar surface area (TPSA) is 86.8 Å². The lowest BCUT2D eigenvalue weighted by molar-refractivity contribution is -0.140. The molecule has 3 rings (SSSR count). The number of nitrogens with zero attached hydrogens (tertiary/aromatic N) is 2. The predicted octanol–water partition coefficient (Wildman–Crippen LogP) is 5.10. The molecular formula is C29H34ClN3O4S. The molecule has 0 radical (unpaired) electrons. The average molecular weight is 556 g/mol. The number of amides is 2. The van der Waals surface area contributed by atoms with E-state index in [0.29, 0.717) is 29.2 Å². The molecule has 3 aromatic rings. The van der Waals surface area contributed by atoms with Gasteiger partial charge in [0.05, 0.1) is 10.6 Å². The molecule has 7 nitrogen and oxygen atoms in total. The summed E-state index contributed by atoms with van der Waals surface area (Å²) in [5.41, 5.74) is 2.76. The normalized spacial score (nSPS) is 12.0.